The number of carboxylic acid groups (broad SMARTS) is 1. The van der Waals surface area contributed by atoms with Gasteiger partial charge in [-0.1, -0.05) is 0 Å². The molecule has 104 valence electrons. The van der Waals surface area contributed by atoms with E-state index in [4.69, 9.17) is 0 Å². The van der Waals surface area contributed by atoms with Gasteiger partial charge >= 0.3 is 16.1 Å². The number of carbonyl (C=O) groups is 1. The molecular weight excluding hydrogens is 273 g/mol. The summed E-state index contributed by atoms with van der Waals surface area (Å²) in [5.74, 6) is -0.560. The number of amides is 1. The maximum Gasteiger partial charge on any atom is 0.529 e. The van der Waals surface area contributed by atoms with Crippen LogP contribution in [0.1, 0.15) is 19.8 Å². The normalized spacial score (nSPS) is 27.4. The van der Waals surface area contributed by atoms with E-state index in [1.54, 1.807) is 6.92 Å². The summed E-state index contributed by atoms with van der Waals surface area (Å²) < 4.78 is 37.0. The van der Waals surface area contributed by atoms with Gasteiger partial charge < -0.3 is 5.11 Å². The first kappa shape index (κ1) is 14.0. The van der Waals surface area contributed by atoms with E-state index in [1.165, 1.54) is 0 Å². The smallest absolute Gasteiger partial charge is 0.435 e. The highest BCUT2D eigenvalue weighted by atomic mass is 32.2. The summed E-state index contributed by atoms with van der Waals surface area (Å²) >= 11 is 0. The Morgan fingerprint density at radius 3 is 2.37 bits per heavy atom. The molecule has 1 N–H and O–H groups in total. The van der Waals surface area contributed by atoms with Crippen molar-refractivity contribution in [1.29, 1.82) is 0 Å². The van der Waals surface area contributed by atoms with Crippen LogP contribution in [0.25, 0.3) is 0 Å². The molecule has 0 saturated carbocycles. The zero-order valence-corrected chi connectivity index (χ0v) is 11.2. The second-order valence-corrected chi connectivity index (χ2v) is 6.80. The molecule has 5 nitrogen and oxygen atoms in total. The molecule has 2 rings (SSSR count). The number of benzene rings is 1. The summed E-state index contributed by atoms with van der Waals surface area (Å²) in [7, 11) is -4.09. The number of quaternary nitrogens is 1. The highest BCUT2D eigenvalue weighted by molar-refractivity contribution is 7.86. The minimum atomic E-state index is -4.09. The predicted octanol–water partition coefficient (Wildman–Crippen LogP) is 2.19. The molecule has 1 unspecified atom stereocenters. The summed E-state index contributed by atoms with van der Waals surface area (Å²) in [6.45, 7) is 1.65. The molecule has 2 atom stereocenters. The number of hydrogen-bond acceptors (Lipinski definition) is 3. The van der Waals surface area contributed by atoms with Gasteiger partial charge in [-0.2, -0.15) is 13.2 Å². The lowest BCUT2D eigenvalue weighted by atomic mass is 10.2. The molecule has 0 radical (unpaired) electrons. The molecule has 0 aromatic heterocycles. The third kappa shape index (κ3) is 1.93. The molecule has 0 aliphatic carbocycles. The van der Waals surface area contributed by atoms with Crippen molar-refractivity contribution < 1.29 is 26.6 Å². The second-order valence-electron chi connectivity index (χ2n) is 4.72. The zero-order chi connectivity index (χ0) is 14.3. The summed E-state index contributed by atoms with van der Waals surface area (Å²) in [5, 5.41) is 9.40. The summed E-state index contributed by atoms with van der Waals surface area (Å²) in [5.41, 5.74) is 0. The van der Waals surface area contributed by atoms with Crippen LogP contribution in [0.3, 0.4) is 0 Å². The molecule has 1 heterocycles. The maximum absolute atomic E-state index is 12.9. The third-order valence-corrected chi connectivity index (χ3v) is 6.11. The van der Waals surface area contributed by atoms with Crippen molar-refractivity contribution in [2.24, 2.45) is 0 Å². The Labute approximate surface area is 110 Å². The van der Waals surface area contributed by atoms with Gasteiger partial charge in [0.25, 0.3) is 0 Å². The van der Waals surface area contributed by atoms with Crippen LogP contribution in [-0.2, 0) is 10.0 Å². The van der Waals surface area contributed by atoms with E-state index in [2.05, 4.69) is 0 Å². The average molecular weight is 288 g/mol. The van der Waals surface area contributed by atoms with Crippen LogP contribution in [0.5, 0.6) is 0 Å². The fraction of sp³-hybridized carbons (Fsp3) is 0.417. The largest absolute Gasteiger partial charge is 0.529 e. The van der Waals surface area contributed by atoms with Gasteiger partial charge in [-0.25, -0.2) is 4.39 Å². The van der Waals surface area contributed by atoms with E-state index in [0.29, 0.717) is 12.8 Å². The lowest BCUT2D eigenvalue weighted by Crippen LogP contribution is -2.58. The molecule has 1 saturated heterocycles. The number of rotatable bonds is 2. The van der Waals surface area contributed by atoms with E-state index in [9.17, 15) is 22.7 Å². The lowest BCUT2D eigenvalue weighted by Gasteiger charge is -2.30. The molecule has 1 aliphatic rings. The van der Waals surface area contributed by atoms with Crippen LogP contribution in [0, 0.1) is 5.82 Å². The van der Waals surface area contributed by atoms with Crippen molar-refractivity contribution in [3.05, 3.63) is 30.1 Å². The SMILES string of the molecule is C[C@@H]1CCC[N+]1(C(=O)O)S(=O)(=O)c1ccc(F)cc1. The first-order chi connectivity index (χ1) is 8.82. The van der Waals surface area contributed by atoms with Crippen molar-refractivity contribution in [2.45, 2.75) is 30.7 Å². The van der Waals surface area contributed by atoms with Crippen molar-refractivity contribution in [2.75, 3.05) is 6.54 Å². The molecule has 0 bridgehead atoms. The van der Waals surface area contributed by atoms with E-state index in [1.807, 2.05) is 0 Å². The van der Waals surface area contributed by atoms with Crippen LogP contribution in [0.15, 0.2) is 29.2 Å². The van der Waals surface area contributed by atoms with Gasteiger partial charge in [-0.3, -0.25) is 0 Å². The lowest BCUT2D eigenvalue weighted by molar-refractivity contribution is -0.741. The number of hydrogen-bond donors (Lipinski definition) is 1. The van der Waals surface area contributed by atoms with Crippen molar-refractivity contribution in [3.63, 3.8) is 0 Å². The van der Waals surface area contributed by atoms with Crippen LogP contribution in [-0.4, -0.2) is 36.1 Å². The first-order valence-corrected chi connectivity index (χ1v) is 7.38. The third-order valence-electron chi connectivity index (χ3n) is 3.69. The standard InChI is InChI=1S/C12H14FNO4S/c1-9-3-2-8-14(9,12(15)16)19(17,18)11-6-4-10(13)5-7-11/h4-7,9H,2-3,8H2,1H3/p+1/t9-,14?/m1/s1. The van der Waals surface area contributed by atoms with E-state index in [-0.39, 0.29) is 11.4 Å². The Kier molecular flexibility index (Phi) is 3.36. The van der Waals surface area contributed by atoms with Crippen molar-refractivity contribution >= 4 is 16.1 Å². The summed E-state index contributed by atoms with van der Waals surface area (Å²) in [4.78, 5) is 11.4. The molecule has 0 spiro atoms. The highest BCUT2D eigenvalue weighted by Crippen LogP contribution is 2.35. The van der Waals surface area contributed by atoms with Gasteiger partial charge in [0.2, 0.25) is 0 Å². The minimum Gasteiger partial charge on any atom is -0.435 e. The molecule has 1 aromatic carbocycles. The number of likely N-dealkylation sites (tertiary alicyclic amines) is 1. The van der Waals surface area contributed by atoms with Gasteiger partial charge in [-0.15, -0.1) is 3.89 Å². The van der Waals surface area contributed by atoms with E-state index >= 15 is 0 Å². The van der Waals surface area contributed by atoms with E-state index < -0.39 is 31.9 Å². The van der Waals surface area contributed by atoms with Crippen LogP contribution >= 0.6 is 0 Å². The Hall–Kier alpha value is -1.47. The fourth-order valence-corrected chi connectivity index (χ4v) is 4.60. The molecule has 7 heteroatoms. The van der Waals surface area contributed by atoms with Gasteiger partial charge in [0.05, 0.1) is 0 Å². The summed E-state index contributed by atoms with van der Waals surface area (Å²) in [6, 6.07) is 3.74. The maximum atomic E-state index is 12.9. The monoisotopic (exact) mass is 288 g/mol. The van der Waals surface area contributed by atoms with Gasteiger partial charge in [-0.05, 0) is 31.2 Å². The number of halogens is 1. The molecular formula is C12H15FNO4S+. The van der Waals surface area contributed by atoms with Crippen LogP contribution in [0.4, 0.5) is 9.18 Å². The quantitative estimate of drug-likeness (QED) is 0.847. The minimum absolute atomic E-state index is 0.0379. The van der Waals surface area contributed by atoms with Gasteiger partial charge in [0.1, 0.15) is 23.3 Å². The van der Waals surface area contributed by atoms with Gasteiger partial charge in [0, 0.05) is 12.8 Å². The highest BCUT2D eigenvalue weighted by Gasteiger charge is 2.57. The number of nitrogens with zero attached hydrogens (tertiary/aromatic N) is 1. The Morgan fingerprint density at radius 2 is 1.95 bits per heavy atom. The molecule has 1 aliphatic heterocycles. The summed E-state index contributed by atoms with van der Waals surface area (Å²) in [6.07, 6.45) is -0.310. The Balaban J connectivity index is 2.59. The average Bonchev–Trinajstić information content (AvgIpc) is 2.73. The predicted molar refractivity (Wildman–Crippen MR) is 65.4 cm³/mol. The van der Waals surface area contributed by atoms with Gasteiger partial charge in [0.15, 0.2) is 0 Å². The van der Waals surface area contributed by atoms with E-state index in [0.717, 1.165) is 24.3 Å². The fourth-order valence-electron chi connectivity index (χ4n) is 2.59. The molecule has 1 fully saturated rings. The Bertz CT molecular complexity index is 599. The molecule has 1 amide bonds. The molecule has 19 heavy (non-hydrogen) atoms. The first-order valence-electron chi connectivity index (χ1n) is 5.94. The second kappa shape index (κ2) is 4.57. The van der Waals surface area contributed by atoms with Crippen molar-refractivity contribution in [3.8, 4) is 0 Å². The molecule has 1 aromatic rings. The Morgan fingerprint density at radius 1 is 1.37 bits per heavy atom. The van der Waals surface area contributed by atoms with Crippen LogP contribution < -0.4 is 0 Å². The number of sulfonamides is 1. The topological polar surface area (TPSA) is 71.4 Å². The zero-order valence-electron chi connectivity index (χ0n) is 10.4. The van der Waals surface area contributed by atoms with Crippen molar-refractivity contribution in [1.82, 2.24) is 0 Å². The van der Waals surface area contributed by atoms with Crippen LogP contribution in [0.2, 0.25) is 0 Å².